The number of benzene rings is 1. The van der Waals surface area contributed by atoms with E-state index < -0.39 is 0 Å². The van der Waals surface area contributed by atoms with E-state index in [1.165, 1.54) is 11.1 Å². The number of hydrogen-bond donors (Lipinski definition) is 1. The molecule has 22 heavy (non-hydrogen) atoms. The lowest BCUT2D eigenvalue weighted by atomic mass is 10.2. The van der Waals surface area contributed by atoms with Crippen molar-refractivity contribution in [3.63, 3.8) is 0 Å². The highest BCUT2D eigenvalue weighted by Crippen LogP contribution is 2.08. The molecule has 3 aromatic rings. The smallest absolute Gasteiger partial charge is 0.0645 e. The monoisotopic (exact) mass is 295 g/mol. The van der Waals surface area contributed by atoms with Crippen molar-refractivity contribution in [3.8, 4) is 5.69 Å². The molecule has 0 spiro atoms. The summed E-state index contributed by atoms with van der Waals surface area (Å²) in [6.07, 6.45) is 7.69. The van der Waals surface area contributed by atoms with Crippen LogP contribution in [0.2, 0.25) is 0 Å². The summed E-state index contributed by atoms with van der Waals surface area (Å²) in [5, 5.41) is 12.1. The average molecular weight is 295 g/mol. The fraction of sp³-hybridized carbons (Fsp3) is 0.294. The fourth-order valence-electron chi connectivity index (χ4n) is 2.39. The molecule has 0 radical (unpaired) electrons. The number of aromatic nitrogens is 4. The van der Waals surface area contributed by atoms with Crippen LogP contribution in [0.5, 0.6) is 0 Å². The average Bonchev–Trinajstić information content (AvgIpc) is 3.18. The number of hydrogen-bond acceptors (Lipinski definition) is 3. The lowest BCUT2D eigenvalue weighted by molar-refractivity contribution is 0.450. The summed E-state index contributed by atoms with van der Waals surface area (Å²) < 4.78 is 3.84. The summed E-state index contributed by atoms with van der Waals surface area (Å²) >= 11 is 0. The van der Waals surface area contributed by atoms with Crippen LogP contribution >= 0.6 is 0 Å². The first-order valence-corrected chi connectivity index (χ1v) is 7.52. The molecule has 1 atom stereocenters. The second kappa shape index (κ2) is 6.58. The minimum absolute atomic E-state index is 0.366. The van der Waals surface area contributed by atoms with E-state index >= 15 is 0 Å². The van der Waals surface area contributed by atoms with Crippen molar-refractivity contribution in [2.24, 2.45) is 0 Å². The molecule has 2 aromatic heterocycles. The van der Waals surface area contributed by atoms with Crippen molar-refractivity contribution in [2.75, 3.05) is 0 Å². The molecule has 0 amide bonds. The minimum atomic E-state index is 0.366. The second-order valence-corrected chi connectivity index (χ2v) is 5.64. The summed E-state index contributed by atoms with van der Waals surface area (Å²) in [5.41, 5.74) is 3.54. The Bertz CT molecular complexity index is 697. The molecule has 0 aliphatic rings. The minimum Gasteiger partial charge on any atom is -0.308 e. The molecule has 2 heterocycles. The molecule has 5 heteroatoms. The third kappa shape index (κ3) is 3.62. The van der Waals surface area contributed by atoms with Crippen molar-refractivity contribution in [1.82, 2.24) is 24.9 Å². The normalized spacial score (nSPS) is 12.5. The Morgan fingerprint density at radius 2 is 2.00 bits per heavy atom. The largest absolute Gasteiger partial charge is 0.308 e. The van der Waals surface area contributed by atoms with E-state index in [1.807, 2.05) is 27.8 Å². The van der Waals surface area contributed by atoms with E-state index in [-0.39, 0.29) is 0 Å². The maximum atomic E-state index is 4.32. The van der Waals surface area contributed by atoms with Crippen molar-refractivity contribution in [3.05, 3.63) is 66.2 Å². The Balaban J connectivity index is 1.53. The van der Waals surface area contributed by atoms with Crippen molar-refractivity contribution in [1.29, 1.82) is 0 Å². The molecule has 0 aliphatic carbocycles. The molecule has 5 nitrogen and oxygen atoms in total. The van der Waals surface area contributed by atoms with Crippen LogP contribution < -0.4 is 5.32 Å². The maximum Gasteiger partial charge on any atom is 0.0645 e. The van der Waals surface area contributed by atoms with E-state index in [0.717, 1.165) is 18.8 Å². The van der Waals surface area contributed by atoms with Crippen LogP contribution in [-0.2, 0) is 13.1 Å². The fourth-order valence-corrected chi connectivity index (χ4v) is 2.39. The number of aryl methyl sites for hydroxylation is 1. The molecule has 1 unspecified atom stereocenters. The molecule has 0 bridgehead atoms. The Morgan fingerprint density at radius 3 is 2.64 bits per heavy atom. The van der Waals surface area contributed by atoms with Crippen molar-refractivity contribution >= 4 is 0 Å². The Hall–Kier alpha value is -2.40. The highest BCUT2D eigenvalue weighted by Gasteiger charge is 2.04. The Labute approximate surface area is 130 Å². The zero-order valence-electron chi connectivity index (χ0n) is 13.0. The van der Waals surface area contributed by atoms with Gasteiger partial charge in [-0.25, -0.2) is 4.68 Å². The van der Waals surface area contributed by atoms with Crippen molar-refractivity contribution < 1.29 is 0 Å². The van der Waals surface area contributed by atoms with Gasteiger partial charge >= 0.3 is 0 Å². The molecule has 0 saturated heterocycles. The highest BCUT2D eigenvalue weighted by molar-refractivity contribution is 5.33. The van der Waals surface area contributed by atoms with Crippen molar-refractivity contribution in [2.45, 2.75) is 33.0 Å². The lowest BCUT2D eigenvalue weighted by Crippen LogP contribution is -2.30. The number of nitrogens with one attached hydrogen (secondary N) is 1. The van der Waals surface area contributed by atoms with Gasteiger partial charge in [-0.1, -0.05) is 12.1 Å². The summed E-state index contributed by atoms with van der Waals surface area (Å²) in [7, 11) is 0. The van der Waals surface area contributed by atoms with E-state index in [1.54, 1.807) is 6.20 Å². The van der Waals surface area contributed by atoms with Crippen LogP contribution in [-0.4, -0.2) is 25.6 Å². The molecular weight excluding hydrogens is 274 g/mol. The van der Waals surface area contributed by atoms with Gasteiger partial charge in [0.05, 0.1) is 18.4 Å². The van der Waals surface area contributed by atoms with Gasteiger partial charge in [-0.2, -0.15) is 10.2 Å². The first-order chi connectivity index (χ1) is 10.7. The third-order valence-corrected chi connectivity index (χ3v) is 3.58. The first kappa shape index (κ1) is 14.5. The van der Waals surface area contributed by atoms with E-state index in [9.17, 15) is 0 Å². The predicted octanol–water partition coefficient (Wildman–Crippen LogP) is 2.56. The summed E-state index contributed by atoms with van der Waals surface area (Å²) in [4.78, 5) is 0. The van der Waals surface area contributed by atoms with Gasteiger partial charge in [0.25, 0.3) is 0 Å². The lowest BCUT2D eigenvalue weighted by Gasteiger charge is -2.14. The van der Waals surface area contributed by atoms with Gasteiger partial charge in [0.2, 0.25) is 0 Å². The molecule has 3 rings (SSSR count). The van der Waals surface area contributed by atoms with Crippen LogP contribution in [0.25, 0.3) is 5.69 Å². The topological polar surface area (TPSA) is 47.7 Å². The zero-order valence-corrected chi connectivity index (χ0v) is 13.0. The maximum absolute atomic E-state index is 4.32. The van der Waals surface area contributed by atoms with Crippen LogP contribution in [0.4, 0.5) is 0 Å². The van der Waals surface area contributed by atoms with Gasteiger partial charge in [-0.15, -0.1) is 0 Å². The molecule has 114 valence electrons. The molecule has 1 aromatic carbocycles. The summed E-state index contributed by atoms with van der Waals surface area (Å²) in [5.74, 6) is 0. The molecular formula is C17H21N5. The third-order valence-electron chi connectivity index (χ3n) is 3.58. The van der Waals surface area contributed by atoms with Gasteiger partial charge < -0.3 is 5.32 Å². The summed E-state index contributed by atoms with van der Waals surface area (Å²) in [6, 6.07) is 10.7. The van der Waals surface area contributed by atoms with Gasteiger partial charge in [-0.3, -0.25) is 4.68 Å². The Kier molecular flexibility index (Phi) is 4.34. The summed E-state index contributed by atoms with van der Waals surface area (Å²) in [6.45, 7) is 5.96. The zero-order chi connectivity index (χ0) is 15.4. The first-order valence-electron chi connectivity index (χ1n) is 7.52. The highest BCUT2D eigenvalue weighted by atomic mass is 15.3. The SMILES string of the molecule is Cc1cnn(CC(C)NCc2ccc(-n3cccn3)cc2)c1. The molecule has 0 saturated carbocycles. The van der Waals surface area contributed by atoms with Gasteiger partial charge in [0, 0.05) is 31.2 Å². The second-order valence-electron chi connectivity index (χ2n) is 5.64. The van der Waals surface area contributed by atoms with Crippen LogP contribution in [0.3, 0.4) is 0 Å². The van der Waals surface area contributed by atoms with E-state index in [2.05, 4.69) is 59.8 Å². The predicted molar refractivity (Wildman–Crippen MR) is 86.8 cm³/mol. The number of rotatable bonds is 6. The molecule has 0 aliphatic heterocycles. The van der Waals surface area contributed by atoms with Crippen LogP contribution in [0.15, 0.2) is 55.1 Å². The van der Waals surface area contributed by atoms with Crippen LogP contribution in [0.1, 0.15) is 18.1 Å². The number of nitrogens with zero attached hydrogens (tertiary/aromatic N) is 4. The molecule has 1 N–H and O–H groups in total. The quantitative estimate of drug-likeness (QED) is 0.760. The van der Waals surface area contributed by atoms with E-state index in [0.29, 0.717) is 6.04 Å². The van der Waals surface area contributed by atoms with E-state index in [4.69, 9.17) is 0 Å². The van der Waals surface area contributed by atoms with Crippen LogP contribution in [0, 0.1) is 6.92 Å². The standard InChI is InChI=1S/C17H21N5/c1-14-10-20-21(12-14)13-15(2)18-11-16-4-6-17(7-5-16)22-9-3-8-19-22/h3-10,12,15,18H,11,13H2,1-2H3. The Morgan fingerprint density at radius 1 is 1.18 bits per heavy atom. The molecule has 0 fully saturated rings. The van der Waals surface area contributed by atoms with Gasteiger partial charge in [0.1, 0.15) is 0 Å². The van der Waals surface area contributed by atoms with Gasteiger partial charge in [-0.05, 0) is 43.2 Å². The van der Waals surface area contributed by atoms with Gasteiger partial charge in [0.15, 0.2) is 0 Å².